The Morgan fingerprint density at radius 1 is 0.964 bits per heavy atom. The van der Waals surface area contributed by atoms with Crippen LogP contribution in [0.5, 0.6) is 5.75 Å². The largest absolute Gasteiger partial charge is 0.423 e. The number of carbonyl (C=O) groups excluding carboxylic acids is 3. The summed E-state index contributed by atoms with van der Waals surface area (Å²) in [6, 6.07) is 13.4. The molecule has 28 heavy (non-hydrogen) atoms. The van der Waals surface area contributed by atoms with Crippen molar-refractivity contribution in [1.29, 1.82) is 0 Å². The van der Waals surface area contributed by atoms with Gasteiger partial charge in [-0.05, 0) is 60.7 Å². The van der Waals surface area contributed by atoms with Crippen molar-refractivity contribution in [3.05, 3.63) is 70.7 Å². The molecule has 2 bridgehead atoms. The van der Waals surface area contributed by atoms with Gasteiger partial charge < -0.3 is 4.74 Å². The molecule has 3 aliphatic rings. The van der Waals surface area contributed by atoms with Crippen molar-refractivity contribution < 1.29 is 19.1 Å². The maximum absolute atomic E-state index is 12.9. The summed E-state index contributed by atoms with van der Waals surface area (Å²) in [5.74, 6) is -0.657. The van der Waals surface area contributed by atoms with E-state index in [0.29, 0.717) is 17.0 Å². The van der Waals surface area contributed by atoms with Crippen molar-refractivity contribution in [1.82, 2.24) is 0 Å². The van der Waals surface area contributed by atoms with Crippen LogP contribution in [0.3, 0.4) is 0 Å². The Morgan fingerprint density at radius 3 is 2.25 bits per heavy atom. The quantitative estimate of drug-likeness (QED) is 0.315. The number of halogens is 1. The van der Waals surface area contributed by atoms with Crippen LogP contribution in [0.25, 0.3) is 0 Å². The predicted octanol–water partition coefficient (Wildman–Crippen LogP) is 3.98. The highest BCUT2D eigenvalue weighted by Crippen LogP contribution is 2.53. The molecule has 0 spiro atoms. The predicted molar refractivity (Wildman–Crippen MR) is 106 cm³/mol. The van der Waals surface area contributed by atoms with Crippen LogP contribution in [0.15, 0.2) is 65.2 Å². The van der Waals surface area contributed by atoms with Gasteiger partial charge in [0.2, 0.25) is 11.8 Å². The van der Waals surface area contributed by atoms with E-state index >= 15 is 0 Å². The molecule has 1 aliphatic heterocycles. The average molecular weight is 438 g/mol. The number of ether oxygens (including phenoxy) is 1. The number of esters is 1. The molecule has 0 radical (unpaired) electrons. The molecular formula is C22H16BrNO4. The zero-order valence-electron chi connectivity index (χ0n) is 14.7. The van der Waals surface area contributed by atoms with Gasteiger partial charge in [-0.2, -0.15) is 0 Å². The molecule has 2 aromatic rings. The van der Waals surface area contributed by atoms with Crippen LogP contribution in [0.4, 0.5) is 5.69 Å². The van der Waals surface area contributed by atoms with E-state index in [1.807, 2.05) is 0 Å². The fourth-order valence-corrected chi connectivity index (χ4v) is 4.86. The van der Waals surface area contributed by atoms with Crippen LogP contribution in [-0.4, -0.2) is 17.8 Å². The normalized spacial score (nSPS) is 27.4. The second-order valence-electron chi connectivity index (χ2n) is 7.41. The Balaban J connectivity index is 1.40. The summed E-state index contributed by atoms with van der Waals surface area (Å²) < 4.78 is 6.27. The first-order valence-corrected chi connectivity index (χ1v) is 9.96. The van der Waals surface area contributed by atoms with Crippen molar-refractivity contribution in [3.8, 4) is 5.75 Å². The van der Waals surface area contributed by atoms with Crippen LogP contribution < -0.4 is 9.64 Å². The fraction of sp³-hybridized carbons (Fsp3) is 0.227. The third-order valence-corrected chi connectivity index (χ3v) is 6.36. The molecule has 1 heterocycles. The van der Waals surface area contributed by atoms with E-state index in [9.17, 15) is 14.4 Å². The molecule has 5 rings (SSSR count). The molecule has 2 fully saturated rings. The van der Waals surface area contributed by atoms with Gasteiger partial charge in [0.05, 0.1) is 23.1 Å². The van der Waals surface area contributed by atoms with Crippen molar-refractivity contribution in [2.24, 2.45) is 23.7 Å². The van der Waals surface area contributed by atoms with Gasteiger partial charge in [-0.3, -0.25) is 9.59 Å². The third kappa shape index (κ3) is 2.63. The third-order valence-electron chi connectivity index (χ3n) is 5.83. The van der Waals surface area contributed by atoms with Crippen molar-refractivity contribution in [2.45, 2.75) is 6.42 Å². The van der Waals surface area contributed by atoms with Crippen LogP contribution in [0.2, 0.25) is 0 Å². The Morgan fingerprint density at radius 2 is 1.61 bits per heavy atom. The van der Waals surface area contributed by atoms with Gasteiger partial charge in [-0.1, -0.05) is 34.1 Å². The van der Waals surface area contributed by atoms with E-state index < -0.39 is 5.97 Å². The lowest BCUT2D eigenvalue weighted by atomic mass is 9.85. The molecule has 140 valence electrons. The second kappa shape index (κ2) is 6.41. The maximum atomic E-state index is 12.9. The van der Waals surface area contributed by atoms with Crippen molar-refractivity contribution >= 4 is 39.4 Å². The number of carbonyl (C=O) groups is 3. The number of imide groups is 1. The molecule has 0 N–H and O–H groups in total. The minimum Gasteiger partial charge on any atom is -0.423 e. The molecule has 0 aromatic heterocycles. The van der Waals surface area contributed by atoms with Crippen LogP contribution in [-0.2, 0) is 9.59 Å². The number of hydrogen-bond acceptors (Lipinski definition) is 4. The Labute approximate surface area is 170 Å². The summed E-state index contributed by atoms with van der Waals surface area (Å²) in [6.07, 6.45) is 5.01. The summed E-state index contributed by atoms with van der Waals surface area (Å²) in [4.78, 5) is 39.6. The summed E-state index contributed by atoms with van der Waals surface area (Å²) in [6.45, 7) is 0. The number of anilines is 1. The lowest BCUT2D eigenvalue weighted by molar-refractivity contribution is -0.123. The summed E-state index contributed by atoms with van der Waals surface area (Å²) in [5, 5.41) is 0. The van der Waals surface area contributed by atoms with Crippen LogP contribution >= 0.6 is 15.9 Å². The molecule has 2 amide bonds. The summed E-state index contributed by atoms with van der Waals surface area (Å²) >= 11 is 3.33. The molecule has 5 nitrogen and oxygen atoms in total. The number of amides is 2. The van der Waals surface area contributed by atoms with Gasteiger partial charge in [0.15, 0.2) is 0 Å². The van der Waals surface area contributed by atoms with Gasteiger partial charge in [0.1, 0.15) is 5.75 Å². The smallest absolute Gasteiger partial charge is 0.343 e. The first-order chi connectivity index (χ1) is 13.5. The van der Waals surface area contributed by atoms with E-state index in [-0.39, 0.29) is 35.5 Å². The van der Waals surface area contributed by atoms with E-state index in [1.165, 1.54) is 4.90 Å². The van der Waals surface area contributed by atoms with Crippen molar-refractivity contribution in [2.75, 3.05) is 4.90 Å². The lowest BCUT2D eigenvalue weighted by Crippen LogP contribution is -2.33. The van der Waals surface area contributed by atoms with E-state index in [0.717, 1.165) is 10.9 Å². The van der Waals surface area contributed by atoms with Gasteiger partial charge >= 0.3 is 5.97 Å². The Bertz CT molecular complexity index is 999. The topological polar surface area (TPSA) is 63.7 Å². The summed E-state index contributed by atoms with van der Waals surface area (Å²) in [7, 11) is 0. The highest BCUT2D eigenvalue weighted by molar-refractivity contribution is 9.10. The number of allylic oxidation sites excluding steroid dienone is 2. The minimum absolute atomic E-state index is 0.155. The number of benzene rings is 2. The first-order valence-electron chi connectivity index (χ1n) is 9.17. The zero-order valence-corrected chi connectivity index (χ0v) is 16.3. The average Bonchev–Trinajstić information content (AvgIpc) is 3.37. The van der Waals surface area contributed by atoms with E-state index in [1.54, 1.807) is 48.5 Å². The fourth-order valence-electron chi connectivity index (χ4n) is 4.60. The molecular weight excluding hydrogens is 422 g/mol. The second-order valence-corrected chi connectivity index (χ2v) is 8.32. The maximum Gasteiger partial charge on any atom is 0.343 e. The number of nitrogens with zero attached hydrogens (tertiary/aromatic N) is 1. The molecule has 2 aliphatic carbocycles. The first kappa shape index (κ1) is 17.4. The highest BCUT2D eigenvalue weighted by atomic mass is 79.9. The SMILES string of the molecule is O=C(Oc1ccc(Br)cc1)c1cccc(N2C(=O)[C@@H]3[C@H](C2=O)[C@@H]2C=C[C@H]3C2)c1. The highest BCUT2D eigenvalue weighted by Gasteiger charge is 2.59. The van der Waals surface area contributed by atoms with Crippen molar-refractivity contribution in [3.63, 3.8) is 0 Å². The molecule has 4 atom stereocenters. The Hall–Kier alpha value is -2.73. The van der Waals surface area contributed by atoms with E-state index in [2.05, 4.69) is 28.1 Å². The minimum atomic E-state index is -0.537. The van der Waals surface area contributed by atoms with Crippen LogP contribution in [0.1, 0.15) is 16.8 Å². The standard InChI is InChI=1S/C22H16BrNO4/c23-15-6-8-17(9-7-15)28-22(27)14-2-1-3-16(11-14)24-20(25)18-12-4-5-13(10-12)19(18)21(24)26/h1-9,11-13,18-19H,10H2/t12-,13+,18-,19+. The van der Waals surface area contributed by atoms with Gasteiger partial charge in [0, 0.05) is 4.47 Å². The van der Waals surface area contributed by atoms with Gasteiger partial charge in [-0.25, -0.2) is 9.69 Å². The molecule has 1 saturated carbocycles. The lowest BCUT2D eigenvalue weighted by Gasteiger charge is -2.18. The number of rotatable bonds is 3. The van der Waals surface area contributed by atoms with E-state index in [4.69, 9.17) is 4.74 Å². The monoisotopic (exact) mass is 437 g/mol. The Kier molecular flexibility index (Phi) is 3.98. The molecule has 2 aromatic carbocycles. The summed E-state index contributed by atoms with van der Waals surface area (Å²) in [5.41, 5.74) is 0.716. The van der Waals surface area contributed by atoms with Crippen LogP contribution in [0, 0.1) is 23.7 Å². The number of hydrogen-bond donors (Lipinski definition) is 0. The van der Waals surface area contributed by atoms with Gasteiger partial charge in [-0.15, -0.1) is 0 Å². The molecule has 0 unspecified atom stereocenters. The molecule has 6 heteroatoms. The van der Waals surface area contributed by atoms with Gasteiger partial charge in [0.25, 0.3) is 0 Å². The zero-order chi connectivity index (χ0) is 19.4. The molecule has 1 saturated heterocycles. The number of fused-ring (bicyclic) bond motifs is 5.